The van der Waals surface area contributed by atoms with Gasteiger partial charge in [0.25, 0.3) is 0 Å². The van der Waals surface area contributed by atoms with Gasteiger partial charge < -0.3 is 15.0 Å². The zero-order valence-electron chi connectivity index (χ0n) is 15.2. The summed E-state index contributed by atoms with van der Waals surface area (Å²) in [5.74, 6) is -1.54. The lowest BCUT2D eigenvalue weighted by Crippen LogP contribution is -2.40. The van der Waals surface area contributed by atoms with Crippen molar-refractivity contribution < 1.29 is 14.7 Å². The zero-order valence-corrected chi connectivity index (χ0v) is 15.2. The van der Waals surface area contributed by atoms with Crippen LogP contribution in [0.5, 0.6) is 0 Å². The number of carbonyl (C=O) groups is 2. The Morgan fingerprint density at radius 2 is 2.04 bits per heavy atom. The van der Waals surface area contributed by atoms with Crippen molar-refractivity contribution in [2.45, 2.75) is 32.2 Å². The molecule has 0 saturated heterocycles. The van der Waals surface area contributed by atoms with Crippen LogP contribution < -0.4 is 0 Å². The molecule has 1 aromatic heterocycles. The molecule has 0 fully saturated rings. The molecule has 2 N–H and O–H groups in total. The van der Waals surface area contributed by atoms with Crippen LogP contribution in [0.25, 0.3) is 10.9 Å². The number of carboxylic acids is 1. The van der Waals surface area contributed by atoms with E-state index in [1.54, 1.807) is 4.90 Å². The Kier molecular flexibility index (Phi) is 4.44. The highest BCUT2D eigenvalue weighted by Crippen LogP contribution is 2.29. The van der Waals surface area contributed by atoms with Gasteiger partial charge >= 0.3 is 5.97 Å². The summed E-state index contributed by atoms with van der Waals surface area (Å²) >= 11 is 0. The minimum atomic E-state index is -0.882. The predicted molar refractivity (Wildman–Crippen MR) is 104 cm³/mol. The van der Waals surface area contributed by atoms with Gasteiger partial charge in [0.2, 0.25) is 5.91 Å². The third kappa shape index (κ3) is 3.33. The van der Waals surface area contributed by atoms with Crippen LogP contribution in [0.4, 0.5) is 0 Å². The van der Waals surface area contributed by atoms with Crippen LogP contribution in [0.3, 0.4) is 0 Å². The number of rotatable bonds is 4. The second-order valence-electron chi connectivity index (χ2n) is 7.23. The van der Waals surface area contributed by atoms with E-state index < -0.39 is 11.9 Å². The van der Waals surface area contributed by atoms with Crippen molar-refractivity contribution in [1.29, 1.82) is 0 Å². The van der Waals surface area contributed by atoms with Gasteiger partial charge in [-0.1, -0.05) is 35.9 Å². The topological polar surface area (TPSA) is 73.4 Å². The number of aliphatic carboxylic acids is 1. The minimum absolute atomic E-state index is 0.00208. The molecule has 1 atom stereocenters. The fourth-order valence-electron chi connectivity index (χ4n) is 3.91. The lowest BCUT2D eigenvalue weighted by molar-refractivity contribution is -0.141. The summed E-state index contributed by atoms with van der Waals surface area (Å²) in [7, 11) is 0. The second-order valence-corrected chi connectivity index (χ2v) is 7.23. The summed E-state index contributed by atoms with van der Waals surface area (Å²) in [5, 5.41) is 10.7. The first-order valence-corrected chi connectivity index (χ1v) is 9.18. The van der Waals surface area contributed by atoms with Crippen LogP contribution in [0.2, 0.25) is 0 Å². The number of aromatic amines is 1. The summed E-state index contributed by atoms with van der Waals surface area (Å²) in [6.07, 6.45) is 2.97. The monoisotopic (exact) mass is 362 g/mol. The second kappa shape index (κ2) is 6.91. The molecule has 0 saturated carbocycles. The normalized spacial score (nSPS) is 16.3. The Labute approximate surface area is 157 Å². The third-order valence-electron chi connectivity index (χ3n) is 5.38. The number of hydrogen-bond donors (Lipinski definition) is 2. The maximum atomic E-state index is 12.8. The van der Waals surface area contributed by atoms with E-state index in [1.807, 2.05) is 30.5 Å². The van der Waals surface area contributed by atoms with Crippen molar-refractivity contribution in [1.82, 2.24) is 9.88 Å². The van der Waals surface area contributed by atoms with Gasteiger partial charge in [0.15, 0.2) is 0 Å². The quantitative estimate of drug-likeness (QED) is 0.744. The molecule has 4 rings (SSSR count). The molecule has 27 heavy (non-hydrogen) atoms. The third-order valence-corrected chi connectivity index (χ3v) is 5.38. The smallest absolute Gasteiger partial charge is 0.312 e. The Morgan fingerprint density at radius 3 is 2.85 bits per heavy atom. The van der Waals surface area contributed by atoms with Crippen molar-refractivity contribution in [3.05, 3.63) is 70.9 Å². The Morgan fingerprint density at radius 1 is 1.22 bits per heavy atom. The maximum Gasteiger partial charge on any atom is 0.312 e. The number of fused-ring (bicyclic) bond motifs is 2. The SMILES string of the molecule is Cc1ccc2[nH]cc(CCC(=O)N3Cc4ccccc4C(C(=O)O)C3)c2c1. The van der Waals surface area contributed by atoms with Crippen LogP contribution in [-0.4, -0.2) is 33.4 Å². The van der Waals surface area contributed by atoms with E-state index in [9.17, 15) is 14.7 Å². The maximum absolute atomic E-state index is 12.8. The number of H-pyrrole nitrogens is 1. The number of carbonyl (C=O) groups excluding carboxylic acids is 1. The summed E-state index contributed by atoms with van der Waals surface area (Å²) in [6, 6.07) is 13.7. The van der Waals surface area contributed by atoms with E-state index in [4.69, 9.17) is 0 Å². The van der Waals surface area contributed by atoms with Gasteiger partial charge in [0, 0.05) is 36.6 Å². The highest BCUT2D eigenvalue weighted by atomic mass is 16.4. The molecule has 0 bridgehead atoms. The van der Waals surface area contributed by atoms with Crippen LogP contribution in [-0.2, 0) is 22.6 Å². The van der Waals surface area contributed by atoms with E-state index >= 15 is 0 Å². The van der Waals surface area contributed by atoms with Crippen molar-refractivity contribution in [2.75, 3.05) is 6.54 Å². The number of hydrogen-bond acceptors (Lipinski definition) is 2. The fraction of sp³-hybridized carbons (Fsp3) is 0.273. The van der Waals surface area contributed by atoms with Gasteiger partial charge in [0.1, 0.15) is 0 Å². The molecule has 0 radical (unpaired) electrons. The number of aryl methyl sites for hydroxylation is 2. The van der Waals surface area contributed by atoms with E-state index in [-0.39, 0.29) is 12.5 Å². The van der Waals surface area contributed by atoms with Crippen LogP contribution >= 0.6 is 0 Å². The largest absolute Gasteiger partial charge is 0.481 e. The number of amides is 1. The molecule has 1 aliphatic heterocycles. The highest BCUT2D eigenvalue weighted by Gasteiger charge is 2.32. The fourth-order valence-corrected chi connectivity index (χ4v) is 3.91. The van der Waals surface area contributed by atoms with E-state index in [0.29, 0.717) is 19.4 Å². The summed E-state index contributed by atoms with van der Waals surface area (Å²) < 4.78 is 0. The van der Waals surface area contributed by atoms with Crippen LogP contribution in [0, 0.1) is 6.92 Å². The number of aromatic nitrogens is 1. The standard InChI is InChI=1S/C22H22N2O3/c1-14-6-8-20-18(10-14)15(11-23-20)7-9-21(25)24-12-16-4-2-3-5-17(16)19(13-24)22(26)27/h2-6,8,10-11,19,23H,7,9,12-13H2,1H3,(H,26,27). The van der Waals surface area contributed by atoms with Crippen molar-refractivity contribution >= 4 is 22.8 Å². The van der Waals surface area contributed by atoms with Crippen molar-refractivity contribution in [3.8, 4) is 0 Å². The molecule has 2 aromatic carbocycles. The lowest BCUT2D eigenvalue weighted by Gasteiger charge is -2.33. The predicted octanol–water partition coefficient (Wildman–Crippen LogP) is 3.62. The van der Waals surface area contributed by atoms with Crippen LogP contribution in [0.15, 0.2) is 48.7 Å². The van der Waals surface area contributed by atoms with Crippen molar-refractivity contribution in [2.24, 2.45) is 0 Å². The molecule has 3 aromatic rings. The lowest BCUT2D eigenvalue weighted by atomic mass is 9.89. The molecule has 1 amide bonds. The van der Waals surface area contributed by atoms with E-state index in [2.05, 4.69) is 30.1 Å². The first kappa shape index (κ1) is 17.3. The molecule has 1 aliphatic rings. The summed E-state index contributed by atoms with van der Waals surface area (Å²) in [6.45, 7) is 2.77. The first-order chi connectivity index (χ1) is 13.0. The molecule has 138 valence electrons. The number of nitrogens with one attached hydrogen (secondary N) is 1. The molecule has 2 heterocycles. The van der Waals surface area contributed by atoms with Gasteiger partial charge in [-0.25, -0.2) is 0 Å². The van der Waals surface area contributed by atoms with Gasteiger partial charge in [0.05, 0.1) is 5.92 Å². The molecule has 0 spiro atoms. The molecular formula is C22H22N2O3. The number of benzene rings is 2. The Bertz CT molecular complexity index is 1020. The molecular weight excluding hydrogens is 340 g/mol. The number of carboxylic acid groups (broad SMARTS) is 1. The van der Waals surface area contributed by atoms with Gasteiger partial charge in [-0.2, -0.15) is 0 Å². The van der Waals surface area contributed by atoms with Crippen LogP contribution in [0.1, 0.15) is 34.6 Å². The minimum Gasteiger partial charge on any atom is -0.481 e. The molecule has 1 unspecified atom stereocenters. The van der Waals surface area contributed by atoms with E-state index in [0.717, 1.165) is 27.6 Å². The first-order valence-electron chi connectivity index (χ1n) is 9.18. The zero-order chi connectivity index (χ0) is 19.0. The molecule has 5 nitrogen and oxygen atoms in total. The average molecular weight is 362 g/mol. The van der Waals surface area contributed by atoms with Gasteiger partial charge in [-0.3, -0.25) is 9.59 Å². The summed E-state index contributed by atoms with van der Waals surface area (Å²) in [4.78, 5) is 29.4. The number of nitrogens with zero attached hydrogens (tertiary/aromatic N) is 1. The molecule has 0 aliphatic carbocycles. The average Bonchev–Trinajstić information content (AvgIpc) is 3.07. The summed E-state index contributed by atoms with van der Waals surface area (Å²) in [5.41, 5.74) is 5.12. The van der Waals surface area contributed by atoms with E-state index in [1.165, 1.54) is 5.56 Å². The highest BCUT2D eigenvalue weighted by molar-refractivity contribution is 5.85. The van der Waals surface area contributed by atoms with Crippen molar-refractivity contribution in [3.63, 3.8) is 0 Å². The molecule has 5 heteroatoms. The van der Waals surface area contributed by atoms with Gasteiger partial charge in [-0.05, 0) is 42.2 Å². The van der Waals surface area contributed by atoms with Gasteiger partial charge in [-0.15, -0.1) is 0 Å². The Balaban J connectivity index is 1.50. The Hall–Kier alpha value is -3.08.